The Morgan fingerprint density at radius 2 is 1.74 bits per heavy atom. The number of carbonyl (C=O) groups is 1. The van der Waals surface area contributed by atoms with Crippen molar-refractivity contribution < 1.29 is 32.9 Å². The van der Waals surface area contributed by atoms with E-state index in [1.54, 1.807) is 0 Å². The van der Waals surface area contributed by atoms with Gasteiger partial charge in [-0.1, -0.05) is 36.2 Å². The van der Waals surface area contributed by atoms with Gasteiger partial charge in [0.05, 0.1) is 10.6 Å². The van der Waals surface area contributed by atoms with Gasteiger partial charge in [-0.05, 0) is 48.9 Å². The molecule has 1 heterocycles. The summed E-state index contributed by atoms with van der Waals surface area (Å²) in [7, 11) is 1.30. The first-order chi connectivity index (χ1) is 16.2. The normalized spacial score (nSPS) is 14.3. The number of pyridine rings is 1. The summed E-state index contributed by atoms with van der Waals surface area (Å²) in [5.41, 5.74) is -4.37. The van der Waals surface area contributed by atoms with Crippen LogP contribution in [0.2, 0.25) is 10.0 Å². The maximum absolute atomic E-state index is 14.3. The van der Waals surface area contributed by atoms with Crippen LogP contribution in [0.25, 0.3) is 0 Å². The Balaban J connectivity index is 2.01. The van der Waals surface area contributed by atoms with Crippen LogP contribution < -0.4 is 10.3 Å². The lowest BCUT2D eigenvalue weighted by molar-refractivity contribution is -0.274. The molecule has 0 unspecified atom stereocenters. The molecule has 3 aromatic rings. The summed E-state index contributed by atoms with van der Waals surface area (Å²) < 4.78 is 49.4. The van der Waals surface area contributed by atoms with E-state index in [1.165, 1.54) is 57.3 Å². The minimum atomic E-state index is -5.10. The van der Waals surface area contributed by atoms with Crippen LogP contribution in [0.3, 0.4) is 0 Å². The van der Waals surface area contributed by atoms with E-state index in [-0.39, 0.29) is 38.2 Å². The van der Waals surface area contributed by atoms with Gasteiger partial charge in [0.25, 0.3) is 5.56 Å². The van der Waals surface area contributed by atoms with Gasteiger partial charge < -0.3 is 19.5 Å². The topological polar surface area (TPSA) is 88.8 Å². The quantitative estimate of drug-likeness (QED) is 0.406. The van der Waals surface area contributed by atoms with Crippen molar-refractivity contribution in [3.05, 3.63) is 91.3 Å². The van der Waals surface area contributed by atoms with Gasteiger partial charge in [-0.2, -0.15) is 13.2 Å². The molecule has 1 aromatic heterocycles. The molecule has 2 atom stereocenters. The van der Waals surface area contributed by atoms with E-state index >= 15 is 0 Å². The van der Waals surface area contributed by atoms with Gasteiger partial charge in [0.2, 0.25) is 0 Å². The number of halogens is 5. The van der Waals surface area contributed by atoms with Crippen LogP contribution in [-0.2, 0) is 12.6 Å². The highest BCUT2D eigenvalue weighted by Gasteiger charge is 2.59. The Morgan fingerprint density at radius 3 is 2.26 bits per heavy atom. The van der Waals surface area contributed by atoms with Crippen LogP contribution in [-0.4, -0.2) is 26.9 Å². The van der Waals surface area contributed by atoms with Gasteiger partial charge in [-0.3, -0.25) is 4.79 Å². The van der Waals surface area contributed by atoms with Crippen molar-refractivity contribution in [1.29, 1.82) is 0 Å². The minimum Gasteiger partial charge on any atom is -0.478 e. The average Bonchev–Trinajstić information content (AvgIpc) is 2.76. The molecule has 0 saturated carbocycles. The monoisotopic (exact) mass is 529 g/mol. The second-order valence-corrected chi connectivity index (χ2v) is 8.86. The zero-order valence-electron chi connectivity index (χ0n) is 18.7. The first kappa shape index (κ1) is 26.6. The number of ether oxygens (including phenoxy) is 1. The number of alkyl halides is 3. The molecule has 0 fully saturated rings. The SMILES string of the molecule is Cc1cc([C@](O)([C@H](C)c2ccc(Oc3ccc(C(=O)O)cc3Cl)cc2Cl)C(F)(F)F)cn(C)c1=O. The third-order valence-corrected chi connectivity index (χ3v) is 6.33. The lowest BCUT2D eigenvalue weighted by Crippen LogP contribution is -2.47. The van der Waals surface area contributed by atoms with Crippen molar-refractivity contribution in [2.75, 3.05) is 0 Å². The number of aliphatic hydroxyl groups is 1. The van der Waals surface area contributed by atoms with Crippen molar-refractivity contribution in [1.82, 2.24) is 4.57 Å². The molecule has 186 valence electrons. The number of benzene rings is 2. The molecule has 0 aliphatic rings. The molecule has 0 amide bonds. The van der Waals surface area contributed by atoms with Crippen molar-refractivity contribution >= 4 is 29.2 Å². The van der Waals surface area contributed by atoms with E-state index in [0.29, 0.717) is 0 Å². The Labute approximate surface area is 208 Å². The molecular weight excluding hydrogens is 510 g/mol. The molecule has 3 rings (SSSR count). The van der Waals surface area contributed by atoms with Crippen LogP contribution in [0.5, 0.6) is 11.5 Å². The van der Waals surface area contributed by atoms with Gasteiger partial charge in [0.1, 0.15) is 11.5 Å². The van der Waals surface area contributed by atoms with E-state index in [1.807, 2.05) is 0 Å². The van der Waals surface area contributed by atoms with Crippen molar-refractivity contribution in [3.8, 4) is 11.5 Å². The summed E-state index contributed by atoms with van der Waals surface area (Å²) >= 11 is 12.4. The molecule has 6 nitrogen and oxygen atoms in total. The van der Waals surface area contributed by atoms with Crippen LogP contribution in [0, 0.1) is 6.92 Å². The molecule has 0 aliphatic carbocycles. The van der Waals surface area contributed by atoms with E-state index in [4.69, 9.17) is 33.0 Å². The number of carboxylic acids is 1. The molecule has 0 radical (unpaired) electrons. The van der Waals surface area contributed by atoms with Gasteiger partial charge in [0, 0.05) is 35.3 Å². The second-order valence-electron chi connectivity index (χ2n) is 8.05. The van der Waals surface area contributed by atoms with E-state index in [0.717, 1.165) is 16.8 Å². The number of carboxylic acid groups (broad SMARTS) is 1. The predicted octanol–water partition coefficient (Wildman–Crippen LogP) is 6.04. The summed E-state index contributed by atoms with van der Waals surface area (Å²) in [6, 6.07) is 8.71. The zero-order chi connectivity index (χ0) is 26.3. The second kappa shape index (κ2) is 9.56. The fraction of sp³-hybridized carbons (Fsp3) is 0.250. The number of aromatic nitrogens is 1. The number of rotatable bonds is 6. The third-order valence-electron chi connectivity index (χ3n) is 5.71. The number of hydrogen-bond donors (Lipinski definition) is 2. The smallest absolute Gasteiger partial charge is 0.422 e. The number of nitrogens with zero attached hydrogens (tertiary/aromatic N) is 1. The summed E-state index contributed by atoms with van der Waals surface area (Å²) in [5, 5.41) is 19.9. The molecular formula is C24H20Cl2F3NO5. The number of aromatic carboxylic acids is 1. The highest BCUT2D eigenvalue weighted by molar-refractivity contribution is 6.32. The van der Waals surface area contributed by atoms with E-state index in [9.17, 15) is 27.9 Å². The lowest BCUT2D eigenvalue weighted by atomic mass is 9.78. The van der Waals surface area contributed by atoms with Crippen LogP contribution in [0.15, 0.2) is 53.5 Å². The zero-order valence-corrected chi connectivity index (χ0v) is 20.2. The fourth-order valence-corrected chi connectivity index (χ4v) is 4.29. The Kier molecular flexibility index (Phi) is 7.26. The Morgan fingerprint density at radius 1 is 1.09 bits per heavy atom. The van der Waals surface area contributed by atoms with Crippen LogP contribution >= 0.6 is 23.2 Å². The maximum atomic E-state index is 14.3. The summed E-state index contributed by atoms with van der Waals surface area (Å²) in [5.74, 6) is -2.50. The fourth-order valence-electron chi connectivity index (χ4n) is 3.74. The summed E-state index contributed by atoms with van der Waals surface area (Å²) in [6.45, 7) is 2.54. The molecule has 11 heteroatoms. The number of aryl methyl sites for hydroxylation is 2. The molecule has 2 aromatic carbocycles. The highest BCUT2D eigenvalue weighted by atomic mass is 35.5. The number of hydrogen-bond acceptors (Lipinski definition) is 4. The van der Waals surface area contributed by atoms with Crippen molar-refractivity contribution in [2.45, 2.75) is 31.5 Å². The summed E-state index contributed by atoms with van der Waals surface area (Å²) in [6.07, 6.45) is -4.15. The van der Waals surface area contributed by atoms with Gasteiger partial charge in [-0.15, -0.1) is 0 Å². The highest BCUT2D eigenvalue weighted by Crippen LogP contribution is 2.50. The molecule has 2 N–H and O–H groups in total. The average molecular weight is 530 g/mol. The van der Waals surface area contributed by atoms with Crippen molar-refractivity contribution in [3.63, 3.8) is 0 Å². The third kappa shape index (κ3) is 5.03. The predicted molar refractivity (Wildman–Crippen MR) is 125 cm³/mol. The maximum Gasteiger partial charge on any atom is 0.422 e. The Hall–Kier alpha value is -3.01. The lowest BCUT2D eigenvalue weighted by Gasteiger charge is -2.37. The first-order valence-corrected chi connectivity index (χ1v) is 10.9. The summed E-state index contributed by atoms with van der Waals surface area (Å²) in [4.78, 5) is 23.0. The Bertz CT molecular complexity index is 1330. The van der Waals surface area contributed by atoms with Crippen LogP contribution in [0.4, 0.5) is 13.2 Å². The van der Waals surface area contributed by atoms with Gasteiger partial charge >= 0.3 is 12.1 Å². The largest absolute Gasteiger partial charge is 0.478 e. The van der Waals surface area contributed by atoms with Crippen LogP contribution in [0.1, 0.15) is 39.9 Å². The van der Waals surface area contributed by atoms with Gasteiger partial charge in [0.15, 0.2) is 5.60 Å². The van der Waals surface area contributed by atoms with E-state index in [2.05, 4.69) is 0 Å². The standard InChI is InChI=1S/C24H20Cl2F3NO5/c1-12-8-15(11-30(3)21(12)31)23(34,24(27,28)29)13(2)17-6-5-16(10-18(17)25)35-20-7-4-14(22(32)33)9-19(20)26/h4-11,13,34H,1-3H3,(H,32,33)/t13-,23-/m1/s1. The van der Waals surface area contributed by atoms with Crippen molar-refractivity contribution in [2.24, 2.45) is 7.05 Å². The molecule has 0 saturated heterocycles. The molecule has 0 spiro atoms. The first-order valence-electron chi connectivity index (χ1n) is 10.1. The molecule has 0 bridgehead atoms. The van der Waals surface area contributed by atoms with Gasteiger partial charge in [-0.25, -0.2) is 4.79 Å². The van der Waals surface area contributed by atoms with E-state index < -0.39 is 34.8 Å². The molecule has 35 heavy (non-hydrogen) atoms. The molecule has 0 aliphatic heterocycles. The minimum absolute atomic E-state index is 0.00923.